The van der Waals surface area contributed by atoms with E-state index in [0.29, 0.717) is 29.0 Å². The summed E-state index contributed by atoms with van der Waals surface area (Å²) in [5, 5.41) is 10.7. The fourth-order valence-electron chi connectivity index (χ4n) is 3.80. The number of nitrogens with zero attached hydrogens (tertiary/aromatic N) is 4. The molecule has 1 amide bonds. The number of nitrogens with one attached hydrogen (secondary N) is 1. The molecule has 0 unspecified atom stereocenters. The minimum atomic E-state index is -5.08. The van der Waals surface area contributed by atoms with E-state index in [-0.39, 0.29) is 12.5 Å². The van der Waals surface area contributed by atoms with Gasteiger partial charge in [0.1, 0.15) is 11.5 Å². The van der Waals surface area contributed by atoms with Crippen molar-refractivity contribution in [1.82, 2.24) is 25.3 Å². The Kier molecular flexibility index (Phi) is 8.95. The first-order valence-corrected chi connectivity index (χ1v) is 12.2. The van der Waals surface area contributed by atoms with E-state index in [0.717, 1.165) is 27.9 Å². The summed E-state index contributed by atoms with van der Waals surface area (Å²) in [5.74, 6) is -2.53. The van der Waals surface area contributed by atoms with Gasteiger partial charge in [0.2, 0.25) is 0 Å². The van der Waals surface area contributed by atoms with Crippen molar-refractivity contribution in [2.45, 2.75) is 19.3 Å². The van der Waals surface area contributed by atoms with Crippen LogP contribution in [-0.4, -0.2) is 43.1 Å². The first kappa shape index (κ1) is 28.8. The molecular formula is C29H23F3N6O3. The Morgan fingerprint density at radius 1 is 0.854 bits per heavy atom. The number of benzene rings is 2. The van der Waals surface area contributed by atoms with E-state index in [9.17, 15) is 18.0 Å². The van der Waals surface area contributed by atoms with Gasteiger partial charge >= 0.3 is 12.1 Å². The minimum absolute atomic E-state index is 0.211. The lowest BCUT2D eigenvalue weighted by Gasteiger charge is -2.14. The predicted octanol–water partition coefficient (Wildman–Crippen LogP) is 4.78. The van der Waals surface area contributed by atoms with Crippen molar-refractivity contribution in [3.05, 3.63) is 108 Å². The number of amides is 1. The number of carbonyl (C=O) groups is 2. The van der Waals surface area contributed by atoms with Crippen LogP contribution in [0.1, 0.15) is 21.9 Å². The van der Waals surface area contributed by atoms with Crippen molar-refractivity contribution in [2.75, 3.05) is 0 Å². The molecule has 3 aromatic heterocycles. The van der Waals surface area contributed by atoms with Gasteiger partial charge in [-0.1, -0.05) is 54.6 Å². The van der Waals surface area contributed by atoms with Crippen LogP contribution >= 0.6 is 0 Å². The Labute approximate surface area is 231 Å². The number of rotatable bonds is 6. The zero-order chi connectivity index (χ0) is 29.4. The van der Waals surface area contributed by atoms with Crippen molar-refractivity contribution in [3.8, 4) is 22.4 Å². The maximum absolute atomic E-state index is 13.0. The fourth-order valence-corrected chi connectivity index (χ4v) is 3.80. The molecule has 0 aliphatic carbocycles. The molecule has 0 bridgehead atoms. The molecule has 3 heterocycles. The van der Waals surface area contributed by atoms with E-state index >= 15 is 0 Å². The molecule has 4 N–H and O–H groups in total. The van der Waals surface area contributed by atoms with Gasteiger partial charge in [0.25, 0.3) is 5.91 Å². The lowest BCUT2D eigenvalue weighted by atomic mass is 9.96. The second-order valence-corrected chi connectivity index (χ2v) is 8.53. The van der Waals surface area contributed by atoms with Gasteiger partial charge in [-0.15, -0.1) is 0 Å². The van der Waals surface area contributed by atoms with Crippen LogP contribution in [0.15, 0.2) is 91.4 Å². The summed E-state index contributed by atoms with van der Waals surface area (Å²) >= 11 is 0. The molecule has 9 nitrogen and oxygen atoms in total. The van der Waals surface area contributed by atoms with E-state index in [4.69, 9.17) is 20.6 Å². The summed E-state index contributed by atoms with van der Waals surface area (Å²) in [6.07, 6.45) is -0.197. The standard InChI is InChI=1S/C27H22N6O.C2HF3O2/c28-16-18-7-9-20(10-8-18)25-21(19-5-2-1-3-6-19)15-22-23(33-25)11-14-31-26(22)27(34)32-17-24-29-12-4-13-30-24;3-2(4,5)1(6)7/h1-15H,16-17,28H2,(H,32,34);(H,6,7). The highest BCUT2D eigenvalue weighted by Crippen LogP contribution is 2.34. The zero-order valence-corrected chi connectivity index (χ0v) is 21.3. The van der Waals surface area contributed by atoms with Crippen molar-refractivity contribution in [1.29, 1.82) is 0 Å². The molecule has 0 atom stereocenters. The Hall–Kier alpha value is -5.23. The number of hydrogen-bond acceptors (Lipinski definition) is 7. The number of hydrogen-bond donors (Lipinski definition) is 3. The first-order chi connectivity index (χ1) is 19.7. The zero-order valence-electron chi connectivity index (χ0n) is 21.3. The maximum atomic E-state index is 13.0. The highest BCUT2D eigenvalue weighted by atomic mass is 19.4. The maximum Gasteiger partial charge on any atom is 0.490 e. The SMILES string of the molecule is NCc1ccc(-c2nc3ccnc(C(=O)NCc4ncccn4)c3cc2-c2ccccc2)cc1.O=C(O)C(F)(F)F. The van der Waals surface area contributed by atoms with E-state index in [1.54, 1.807) is 24.7 Å². The van der Waals surface area contributed by atoms with Gasteiger partial charge in [0.15, 0.2) is 0 Å². The lowest BCUT2D eigenvalue weighted by molar-refractivity contribution is -0.192. The lowest BCUT2D eigenvalue weighted by Crippen LogP contribution is -2.25. The third-order valence-corrected chi connectivity index (χ3v) is 5.77. The number of halogens is 3. The Bertz CT molecular complexity index is 1650. The molecule has 0 aliphatic rings. The van der Waals surface area contributed by atoms with E-state index < -0.39 is 12.1 Å². The molecule has 0 spiro atoms. The van der Waals surface area contributed by atoms with Crippen molar-refractivity contribution < 1.29 is 27.9 Å². The highest BCUT2D eigenvalue weighted by molar-refractivity contribution is 6.06. The molecular weight excluding hydrogens is 537 g/mol. The molecule has 41 heavy (non-hydrogen) atoms. The highest BCUT2D eigenvalue weighted by Gasteiger charge is 2.38. The molecule has 0 radical (unpaired) electrons. The van der Waals surface area contributed by atoms with Crippen molar-refractivity contribution >= 4 is 22.8 Å². The molecule has 5 aromatic rings. The molecule has 0 fully saturated rings. The van der Waals surface area contributed by atoms with Crippen LogP contribution in [0.5, 0.6) is 0 Å². The van der Waals surface area contributed by atoms with Crippen LogP contribution in [0, 0.1) is 0 Å². The Morgan fingerprint density at radius 3 is 2.12 bits per heavy atom. The van der Waals surface area contributed by atoms with Crippen molar-refractivity contribution in [3.63, 3.8) is 0 Å². The van der Waals surface area contributed by atoms with Gasteiger partial charge < -0.3 is 16.2 Å². The van der Waals surface area contributed by atoms with Gasteiger partial charge in [-0.3, -0.25) is 9.78 Å². The van der Waals surface area contributed by atoms with Crippen LogP contribution in [0.25, 0.3) is 33.3 Å². The molecule has 5 rings (SSSR count). The quantitative estimate of drug-likeness (QED) is 0.269. The number of pyridine rings is 2. The number of aromatic nitrogens is 4. The molecule has 12 heteroatoms. The number of nitrogens with two attached hydrogens (primary N) is 1. The Morgan fingerprint density at radius 2 is 1.51 bits per heavy atom. The van der Waals surface area contributed by atoms with Crippen LogP contribution < -0.4 is 11.1 Å². The smallest absolute Gasteiger partial charge is 0.475 e. The summed E-state index contributed by atoms with van der Waals surface area (Å²) < 4.78 is 31.7. The van der Waals surface area contributed by atoms with Crippen LogP contribution in [-0.2, 0) is 17.9 Å². The van der Waals surface area contributed by atoms with Crippen LogP contribution in [0.3, 0.4) is 0 Å². The minimum Gasteiger partial charge on any atom is -0.475 e. The normalized spacial score (nSPS) is 10.9. The third kappa shape index (κ3) is 7.25. The largest absolute Gasteiger partial charge is 0.490 e. The van der Waals surface area contributed by atoms with Gasteiger partial charge in [-0.25, -0.2) is 19.7 Å². The fraction of sp³-hybridized carbons (Fsp3) is 0.103. The average Bonchev–Trinajstić information content (AvgIpc) is 2.99. The van der Waals surface area contributed by atoms with Gasteiger partial charge in [0.05, 0.1) is 17.8 Å². The molecule has 0 aliphatic heterocycles. The number of carboxylic acids is 1. The molecule has 0 saturated carbocycles. The number of carbonyl (C=O) groups excluding carboxylic acids is 1. The van der Waals surface area contributed by atoms with Gasteiger partial charge in [-0.2, -0.15) is 13.2 Å². The predicted molar refractivity (Wildman–Crippen MR) is 145 cm³/mol. The first-order valence-electron chi connectivity index (χ1n) is 12.2. The average molecular weight is 561 g/mol. The second-order valence-electron chi connectivity index (χ2n) is 8.53. The van der Waals surface area contributed by atoms with E-state index in [2.05, 4.69) is 20.3 Å². The van der Waals surface area contributed by atoms with Crippen LogP contribution in [0.4, 0.5) is 13.2 Å². The Balaban J connectivity index is 0.000000493. The van der Waals surface area contributed by atoms with Gasteiger partial charge in [0, 0.05) is 41.6 Å². The molecule has 0 saturated heterocycles. The molecule has 2 aromatic carbocycles. The summed E-state index contributed by atoms with van der Waals surface area (Å²) in [5.41, 5.74) is 11.5. The van der Waals surface area contributed by atoms with E-state index in [1.807, 2.05) is 66.7 Å². The number of fused-ring (bicyclic) bond motifs is 1. The van der Waals surface area contributed by atoms with E-state index in [1.165, 1.54) is 0 Å². The summed E-state index contributed by atoms with van der Waals surface area (Å²) in [7, 11) is 0. The van der Waals surface area contributed by atoms with Crippen molar-refractivity contribution in [2.24, 2.45) is 5.73 Å². The van der Waals surface area contributed by atoms with Crippen LogP contribution in [0.2, 0.25) is 0 Å². The second kappa shape index (κ2) is 12.7. The topological polar surface area (TPSA) is 144 Å². The third-order valence-electron chi connectivity index (χ3n) is 5.77. The number of aliphatic carboxylic acids is 1. The number of carboxylic acid groups (broad SMARTS) is 1. The summed E-state index contributed by atoms with van der Waals surface area (Å²) in [6.45, 7) is 0.692. The number of alkyl halides is 3. The molecule has 208 valence electrons. The summed E-state index contributed by atoms with van der Waals surface area (Å²) in [4.78, 5) is 39.6. The van der Waals surface area contributed by atoms with Gasteiger partial charge in [-0.05, 0) is 29.3 Å². The summed E-state index contributed by atoms with van der Waals surface area (Å²) in [6, 6.07) is 23.6. The monoisotopic (exact) mass is 560 g/mol.